The second kappa shape index (κ2) is 7.41. The average Bonchev–Trinajstić information content (AvgIpc) is 3.08. The molecule has 0 unspecified atom stereocenters. The fraction of sp³-hybridized carbons (Fsp3) is 0.417. The highest BCUT2D eigenvalue weighted by Crippen LogP contribution is 2.28. The minimum atomic E-state index is -0.412. The van der Waals surface area contributed by atoms with E-state index in [1.807, 2.05) is 0 Å². The van der Waals surface area contributed by atoms with E-state index in [1.165, 1.54) is 23.3 Å². The zero-order chi connectivity index (χ0) is 14.4. The Morgan fingerprint density at radius 1 is 1.60 bits per heavy atom. The molecule has 2 aromatic rings. The number of esters is 1. The van der Waals surface area contributed by atoms with Gasteiger partial charge in [-0.05, 0) is 18.5 Å². The molecule has 108 valence electrons. The smallest absolute Gasteiger partial charge is 0.341 e. The second-order valence-electron chi connectivity index (χ2n) is 3.73. The number of aliphatic hydroxyl groups excluding tert-OH is 1. The molecule has 6 nitrogen and oxygen atoms in total. The van der Waals surface area contributed by atoms with Gasteiger partial charge in [-0.2, -0.15) is 11.8 Å². The van der Waals surface area contributed by atoms with E-state index in [0.29, 0.717) is 40.9 Å². The van der Waals surface area contributed by atoms with Crippen LogP contribution in [0.4, 0.5) is 0 Å². The molecule has 2 heterocycles. The van der Waals surface area contributed by atoms with Crippen molar-refractivity contribution < 1.29 is 19.1 Å². The summed E-state index contributed by atoms with van der Waals surface area (Å²) in [7, 11) is 0. The van der Waals surface area contributed by atoms with Gasteiger partial charge in [0.25, 0.3) is 0 Å². The van der Waals surface area contributed by atoms with Crippen LogP contribution in [0.15, 0.2) is 15.9 Å². The summed E-state index contributed by atoms with van der Waals surface area (Å²) in [5.74, 6) is 1.69. The van der Waals surface area contributed by atoms with Crippen LogP contribution in [0.1, 0.15) is 23.0 Å². The molecule has 20 heavy (non-hydrogen) atoms. The normalized spacial score (nSPS) is 10.7. The highest BCUT2D eigenvalue weighted by Gasteiger charge is 2.20. The maximum Gasteiger partial charge on any atom is 0.341 e. The lowest BCUT2D eigenvalue weighted by Crippen LogP contribution is -2.05. The lowest BCUT2D eigenvalue weighted by atomic mass is 10.2. The molecule has 0 aromatic carbocycles. The number of ether oxygens (including phenoxy) is 1. The Kier molecular flexibility index (Phi) is 5.57. The Hall–Kier alpha value is -1.38. The van der Waals surface area contributed by atoms with Crippen LogP contribution in [0.3, 0.4) is 0 Å². The fourth-order valence-electron chi connectivity index (χ4n) is 1.55. The number of aliphatic hydroxyl groups is 1. The third-order valence-electron chi connectivity index (χ3n) is 2.39. The molecule has 8 heteroatoms. The highest BCUT2D eigenvalue weighted by atomic mass is 32.2. The molecule has 0 amide bonds. The topological polar surface area (TPSA) is 85.5 Å². The third kappa shape index (κ3) is 3.59. The van der Waals surface area contributed by atoms with Gasteiger partial charge >= 0.3 is 5.97 Å². The maximum atomic E-state index is 11.9. The molecule has 0 aliphatic carbocycles. The summed E-state index contributed by atoms with van der Waals surface area (Å²) in [4.78, 5) is 11.9. The number of thioether (sulfide) groups is 1. The van der Waals surface area contributed by atoms with Crippen molar-refractivity contribution in [1.29, 1.82) is 0 Å². The van der Waals surface area contributed by atoms with Gasteiger partial charge in [0.05, 0.1) is 19.0 Å². The van der Waals surface area contributed by atoms with Gasteiger partial charge in [0, 0.05) is 17.2 Å². The van der Waals surface area contributed by atoms with Crippen LogP contribution in [0.2, 0.25) is 0 Å². The monoisotopic (exact) mass is 314 g/mol. The quantitative estimate of drug-likeness (QED) is 0.619. The number of rotatable bonds is 7. The van der Waals surface area contributed by atoms with E-state index in [2.05, 4.69) is 9.59 Å². The van der Waals surface area contributed by atoms with Crippen molar-refractivity contribution in [3.05, 3.63) is 22.8 Å². The van der Waals surface area contributed by atoms with Crippen molar-refractivity contribution >= 4 is 29.3 Å². The predicted molar refractivity (Wildman–Crippen MR) is 76.8 cm³/mol. The Labute approximate surface area is 124 Å². The minimum Gasteiger partial charge on any atom is -0.462 e. The van der Waals surface area contributed by atoms with Crippen LogP contribution in [-0.2, 0) is 10.5 Å². The van der Waals surface area contributed by atoms with Crippen molar-refractivity contribution in [2.75, 3.05) is 19.0 Å². The summed E-state index contributed by atoms with van der Waals surface area (Å²) in [6, 6.07) is 1.63. The van der Waals surface area contributed by atoms with E-state index < -0.39 is 5.97 Å². The summed E-state index contributed by atoms with van der Waals surface area (Å²) in [6.45, 7) is 2.15. The van der Waals surface area contributed by atoms with Gasteiger partial charge in [0.1, 0.15) is 17.0 Å². The summed E-state index contributed by atoms with van der Waals surface area (Å²) < 4.78 is 14.5. The van der Waals surface area contributed by atoms with Crippen LogP contribution >= 0.6 is 23.3 Å². The molecule has 2 aromatic heterocycles. The maximum absolute atomic E-state index is 11.9. The number of hydrogen-bond acceptors (Lipinski definition) is 8. The van der Waals surface area contributed by atoms with Crippen LogP contribution in [0.25, 0.3) is 11.5 Å². The first-order valence-corrected chi connectivity index (χ1v) is 8.01. The lowest BCUT2D eigenvalue weighted by molar-refractivity contribution is 0.0524. The molecule has 0 bridgehead atoms. The van der Waals surface area contributed by atoms with E-state index >= 15 is 0 Å². The van der Waals surface area contributed by atoms with Crippen LogP contribution in [0, 0.1) is 0 Å². The van der Waals surface area contributed by atoms with Gasteiger partial charge in [-0.15, -0.1) is 5.10 Å². The lowest BCUT2D eigenvalue weighted by Gasteiger charge is -2.01. The van der Waals surface area contributed by atoms with Gasteiger partial charge < -0.3 is 14.3 Å². The van der Waals surface area contributed by atoms with E-state index in [4.69, 9.17) is 14.3 Å². The summed E-state index contributed by atoms with van der Waals surface area (Å²) in [5.41, 5.74) is 0.999. The number of furan rings is 1. The molecule has 1 N–H and O–H groups in total. The standard InChI is InChI=1S/C12H14N2O4S2/c1-2-17-12(16)8-5-10(9-6-20-14-13-9)18-11(8)7-19-4-3-15/h5-6,15H,2-4,7H2,1H3. The van der Waals surface area contributed by atoms with E-state index in [-0.39, 0.29) is 6.61 Å². The van der Waals surface area contributed by atoms with Crippen molar-refractivity contribution in [2.24, 2.45) is 0 Å². The zero-order valence-corrected chi connectivity index (χ0v) is 12.5. The number of nitrogens with zero attached hydrogens (tertiary/aromatic N) is 2. The Balaban J connectivity index is 2.24. The first-order chi connectivity index (χ1) is 9.76. The van der Waals surface area contributed by atoms with E-state index in [1.54, 1.807) is 18.4 Å². The Morgan fingerprint density at radius 3 is 3.10 bits per heavy atom. The summed E-state index contributed by atoms with van der Waals surface area (Å²) in [6.07, 6.45) is 0. The average molecular weight is 314 g/mol. The molecule has 0 saturated heterocycles. The molecule has 0 aliphatic rings. The van der Waals surface area contributed by atoms with Crippen LogP contribution < -0.4 is 0 Å². The molecule has 0 aliphatic heterocycles. The second-order valence-corrected chi connectivity index (χ2v) is 5.45. The van der Waals surface area contributed by atoms with Crippen LogP contribution in [-0.4, -0.2) is 39.6 Å². The van der Waals surface area contributed by atoms with Gasteiger partial charge in [-0.25, -0.2) is 4.79 Å². The minimum absolute atomic E-state index is 0.0863. The van der Waals surface area contributed by atoms with E-state index in [0.717, 1.165) is 0 Å². The first kappa shape index (κ1) is 15.0. The zero-order valence-electron chi connectivity index (χ0n) is 10.9. The fourth-order valence-corrected chi connectivity index (χ4v) is 2.66. The van der Waals surface area contributed by atoms with Gasteiger partial charge in [-0.3, -0.25) is 0 Å². The van der Waals surface area contributed by atoms with Gasteiger partial charge in [-0.1, -0.05) is 4.49 Å². The molecule has 2 rings (SSSR count). The summed E-state index contributed by atoms with van der Waals surface area (Å²) >= 11 is 2.70. The molecular formula is C12H14N2O4S2. The SMILES string of the molecule is CCOC(=O)c1cc(-c2csnn2)oc1CSCCO. The number of aromatic nitrogens is 2. The Morgan fingerprint density at radius 2 is 2.45 bits per heavy atom. The molecule has 0 radical (unpaired) electrons. The third-order valence-corrected chi connectivity index (χ3v) is 3.83. The number of carbonyl (C=O) groups excluding carboxylic acids is 1. The molecule has 0 atom stereocenters. The van der Waals surface area contributed by atoms with Crippen molar-refractivity contribution in [1.82, 2.24) is 9.59 Å². The number of carbonyl (C=O) groups is 1. The molecular weight excluding hydrogens is 300 g/mol. The Bertz CT molecular complexity index is 554. The van der Waals surface area contributed by atoms with Crippen molar-refractivity contribution in [3.8, 4) is 11.5 Å². The van der Waals surface area contributed by atoms with Crippen molar-refractivity contribution in [2.45, 2.75) is 12.7 Å². The summed E-state index contributed by atoms with van der Waals surface area (Å²) in [5, 5.41) is 14.5. The van der Waals surface area contributed by atoms with Gasteiger partial charge in [0.15, 0.2) is 5.76 Å². The van der Waals surface area contributed by atoms with Crippen LogP contribution in [0.5, 0.6) is 0 Å². The highest BCUT2D eigenvalue weighted by molar-refractivity contribution is 7.98. The largest absolute Gasteiger partial charge is 0.462 e. The van der Waals surface area contributed by atoms with Gasteiger partial charge in [0.2, 0.25) is 0 Å². The molecule has 0 saturated carbocycles. The number of hydrogen-bond donors (Lipinski definition) is 1. The van der Waals surface area contributed by atoms with E-state index in [9.17, 15) is 4.79 Å². The molecule has 0 fully saturated rings. The molecule has 0 spiro atoms. The first-order valence-electron chi connectivity index (χ1n) is 6.02. The van der Waals surface area contributed by atoms with Crippen molar-refractivity contribution in [3.63, 3.8) is 0 Å². The predicted octanol–water partition coefficient (Wildman–Crippen LogP) is 2.20.